The number of amides is 1. The standard InChI is InChI=1S/C30H24ClFN4O3S/c31-24-16-22(6-8-25(24)39-17-20-2-1-3-21(32)14-20)35-29-28-23-7-4-19(15-26(23)40-30(28)34-18-33-29)5-9-27(37)36-10-12-38-13-11-36/h1-9,14-16,18H,10-13,17H2,(H,33,34,35). The first-order valence-corrected chi connectivity index (χ1v) is 13.9. The van der Waals surface area contributed by atoms with Crippen LogP contribution >= 0.6 is 22.9 Å². The molecule has 2 aromatic heterocycles. The summed E-state index contributed by atoms with van der Waals surface area (Å²) in [6, 6.07) is 17.7. The third-order valence-corrected chi connectivity index (χ3v) is 7.87. The average Bonchev–Trinajstić information content (AvgIpc) is 3.35. The summed E-state index contributed by atoms with van der Waals surface area (Å²) in [5.41, 5.74) is 2.39. The molecule has 0 saturated carbocycles. The summed E-state index contributed by atoms with van der Waals surface area (Å²) in [4.78, 5) is 24.1. The summed E-state index contributed by atoms with van der Waals surface area (Å²) >= 11 is 8.06. The van der Waals surface area contributed by atoms with Crippen LogP contribution in [0, 0.1) is 5.82 Å². The molecule has 0 aliphatic carbocycles. The highest BCUT2D eigenvalue weighted by Gasteiger charge is 2.15. The van der Waals surface area contributed by atoms with Gasteiger partial charge in [0.2, 0.25) is 5.91 Å². The van der Waals surface area contributed by atoms with E-state index < -0.39 is 0 Å². The third kappa shape index (κ3) is 5.77. The van der Waals surface area contributed by atoms with Crippen LogP contribution in [-0.4, -0.2) is 47.1 Å². The van der Waals surface area contributed by atoms with Crippen molar-refractivity contribution in [3.63, 3.8) is 0 Å². The minimum Gasteiger partial charge on any atom is -0.487 e. The lowest BCUT2D eigenvalue weighted by Gasteiger charge is -2.25. The summed E-state index contributed by atoms with van der Waals surface area (Å²) < 4.78 is 25.6. The van der Waals surface area contributed by atoms with Crippen LogP contribution < -0.4 is 10.1 Å². The van der Waals surface area contributed by atoms with Gasteiger partial charge in [-0.15, -0.1) is 11.3 Å². The SMILES string of the molecule is O=C(C=Cc1ccc2c(c1)sc1ncnc(Nc3ccc(OCc4cccc(F)c4)c(Cl)c3)c12)N1CCOCC1. The van der Waals surface area contributed by atoms with Gasteiger partial charge < -0.3 is 19.7 Å². The lowest BCUT2D eigenvalue weighted by Crippen LogP contribution is -2.39. The number of carbonyl (C=O) groups excluding carboxylic acids is 1. The monoisotopic (exact) mass is 574 g/mol. The number of fused-ring (bicyclic) bond motifs is 3. The Kier molecular flexibility index (Phi) is 7.59. The number of rotatable bonds is 7. The van der Waals surface area contributed by atoms with Gasteiger partial charge in [0.05, 0.1) is 23.6 Å². The van der Waals surface area contributed by atoms with Crippen LogP contribution in [0.5, 0.6) is 5.75 Å². The van der Waals surface area contributed by atoms with Gasteiger partial charge in [-0.1, -0.05) is 35.9 Å². The zero-order chi connectivity index (χ0) is 27.5. The van der Waals surface area contributed by atoms with Crippen LogP contribution in [-0.2, 0) is 16.1 Å². The first-order valence-electron chi connectivity index (χ1n) is 12.7. The van der Waals surface area contributed by atoms with Crippen LogP contribution in [0.1, 0.15) is 11.1 Å². The van der Waals surface area contributed by atoms with E-state index in [2.05, 4.69) is 21.4 Å². The highest BCUT2D eigenvalue weighted by atomic mass is 35.5. The smallest absolute Gasteiger partial charge is 0.246 e. The summed E-state index contributed by atoms with van der Waals surface area (Å²) in [6.45, 7) is 2.58. The van der Waals surface area contributed by atoms with Gasteiger partial charge in [-0.3, -0.25) is 4.79 Å². The van der Waals surface area contributed by atoms with E-state index in [0.29, 0.717) is 48.5 Å². The topological polar surface area (TPSA) is 76.6 Å². The van der Waals surface area contributed by atoms with Crippen LogP contribution in [0.15, 0.2) is 73.1 Å². The molecule has 7 nitrogen and oxygen atoms in total. The maximum atomic E-state index is 13.4. The Labute approximate surface area is 238 Å². The van der Waals surface area contributed by atoms with E-state index in [1.165, 1.54) is 18.5 Å². The molecule has 0 unspecified atom stereocenters. The molecule has 5 aromatic rings. The van der Waals surface area contributed by atoms with Crippen molar-refractivity contribution < 1.29 is 18.7 Å². The Balaban J connectivity index is 1.20. The molecule has 6 rings (SSSR count). The van der Waals surface area contributed by atoms with E-state index in [1.807, 2.05) is 24.3 Å². The Morgan fingerprint density at radius 1 is 1.12 bits per heavy atom. The van der Waals surface area contributed by atoms with Crippen LogP contribution in [0.3, 0.4) is 0 Å². The average molecular weight is 575 g/mol. The highest BCUT2D eigenvalue weighted by Crippen LogP contribution is 2.38. The second kappa shape index (κ2) is 11.6. The molecule has 10 heteroatoms. The Bertz CT molecular complexity index is 1740. The third-order valence-electron chi connectivity index (χ3n) is 6.51. The van der Waals surface area contributed by atoms with E-state index in [-0.39, 0.29) is 18.3 Å². The fraction of sp³-hybridized carbons (Fsp3) is 0.167. The quantitative estimate of drug-likeness (QED) is 0.215. The van der Waals surface area contributed by atoms with Gasteiger partial charge in [0.25, 0.3) is 0 Å². The van der Waals surface area contributed by atoms with Crippen molar-refractivity contribution in [2.45, 2.75) is 6.61 Å². The molecule has 202 valence electrons. The number of nitrogens with zero attached hydrogens (tertiary/aromatic N) is 3. The molecule has 3 aromatic carbocycles. The molecule has 1 amide bonds. The van der Waals surface area contributed by atoms with Crippen molar-refractivity contribution in [3.05, 3.63) is 95.0 Å². The Morgan fingerprint density at radius 2 is 2.00 bits per heavy atom. The molecule has 1 aliphatic heterocycles. The molecular weight excluding hydrogens is 551 g/mol. The zero-order valence-electron chi connectivity index (χ0n) is 21.3. The highest BCUT2D eigenvalue weighted by molar-refractivity contribution is 7.25. The number of aromatic nitrogens is 2. The number of benzene rings is 3. The maximum absolute atomic E-state index is 13.4. The molecule has 0 bridgehead atoms. The number of nitrogens with one attached hydrogen (secondary N) is 1. The van der Waals surface area contributed by atoms with Gasteiger partial charge in [-0.2, -0.15) is 0 Å². The molecule has 3 heterocycles. The summed E-state index contributed by atoms with van der Waals surface area (Å²) in [5, 5.41) is 5.70. The van der Waals surface area contributed by atoms with Crippen molar-refractivity contribution in [3.8, 4) is 5.75 Å². The number of hydrogen-bond acceptors (Lipinski definition) is 7. The fourth-order valence-electron chi connectivity index (χ4n) is 4.50. The van der Waals surface area contributed by atoms with Crippen LogP contribution in [0.25, 0.3) is 26.4 Å². The van der Waals surface area contributed by atoms with Gasteiger partial charge >= 0.3 is 0 Å². The summed E-state index contributed by atoms with van der Waals surface area (Å²) in [6.07, 6.45) is 4.98. The second-order valence-electron chi connectivity index (χ2n) is 9.22. The molecule has 40 heavy (non-hydrogen) atoms. The molecule has 0 spiro atoms. The largest absolute Gasteiger partial charge is 0.487 e. The van der Waals surface area contributed by atoms with E-state index in [1.54, 1.807) is 46.6 Å². The van der Waals surface area contributed by atoms with Gasteiger partial charge in [-0.25, -0.2) is 14.4 Å². The van der Waals surface area contributed by atoms with Crippen molar-refractivity contribution in [1.82, 2.24) is 14.9 Å². The minimum absolute atomic E-state index is 0.0128. The first kappa shape index (κ1) is 26.2. The van der Waals surface area contributed by atoms with Gasteiger partial charge in [0.1, 0.15) is 35.1 Å². The van der Waals surface area contributed by atoms with Gasteiger partial charge in [0, 0.05) is 34.9 Å². The van der Waals surface area contributed by atoms with E-state index in [0.717, 1.165) is 31.6 Å². The normalized spacial score (nSPS) is 13.8. The summed E-state index contributed by atoms with van der Waals surface area (Å²) in [5.74, 6) is 0.834. The summed E-state index contributed by atoms with van der Waals surface area (Å²) in [7, 11) is 0. The number of anilines is 2. The first-order chi connectivity index (χ1) is 19.5. The Morgan fingerprint density at radius 3 is 2.83 bits per heavy atom. The van der Waals surface area contributed by atoms with E-state index >= 15 is 0 Å². The van der Waals surface area contributed by atoms with Crippen LogP contribution in [0.4, 0.5) is 15.9 Å². The molecule has 1 saturated heterocycles. The number of thiophene rings is 1. The van der Waals surface area contributed by atoms with Crippen molar-refractivity contribution in [1.29, 1.82) is 0 Å². The number of halogens is 2. The predicted molar refractivity (Wildman–Crippen MR) is 157 cm³/mol. The lowest BCUT2D eigenvalue weighted by atomic mass is 10.1. The van der Waals surface area contributed by atoms with E-state index in [9.17, 15) is 9.18 Å². The van der Waals surface area contributed by atoms with Gasteiger partial charge in [-0.05, 0) is 53.6 Å². The number of carbonyl (C=O) groups is 1. The number of hydrogen-bond donors (Lipinski definition) is 1. The number of morpholine rings is 1. The second-order valence-corrected chi connectivity index (χ2v) is 10.7. The van der Waals surface area contributed by atoms with Gasteiger partial charge in [0.15, 0.2) is 0 Å². The molecule has 0 radical (unpaired) electrons. The molecule has 1 N–H and O–H groups in total. The molecule has 1 fully saturated rings. The van der Waals surface area contributed by atoms with Crippen LogP contribution in [0.2, 0.25) is 5.02 Å². The number of ether oxygens (including phenoxy) is 2. The van der Waals surface area contributed by atoms with Crippen molar-refractivity contribution in [2.75, 3.05) is 31.6 Å². The predicted octanol–water partition coefficient (Wildman–Crippen LogP) is 6.83. The molecule has 0 atom stereocenters. The molecular formula is C30H24ClFN4O3S. The van der Waals surface area contributed by atoms with E-state index in [4.69, 9.17) is 21.1 Å². The van der Waals surface area contributed by atoms with Crippen molar-refractivity contribution >= 4 is 66.7 Å². The maximum Gasteiger partial charge on any atom is 0.246 e. The zero-order valence-corrected chi connectivity index (χ0v) is 22.8. The van der Waals surface area contributed by atoms with Crippen molar-refractivity contribution in [2.24, 2.45) is 0 Å². The Hall–Kier alpha value is -4.05. The minimum atomic E-state index is -0.310. The molecule has 1 aliphatic rings. The fourth-order valence-corrected chi connectivity index (χ4v) is 5.83. The lowest BCUT2D eigenvalue weighted by molar-refractivity contribution is -0.129.